The van der Waals surface area contributed by atoms with Gasteiger partial charge in [-0.2, -0.15) is 0 Å². The normalized spacial score (nSPS) is 29.2. The number of unbranched alkanes of at least 4 members (excludes halogenated alkanes) is 6. The number of benzene rings is 1. The molecule has 0 atom stereocenters. The molecule has 2 fully saturated rings. The molecule has 2 aliphatic rings. The summed E-state index contributed by atoms with van der Waals surface area (Å²) >= 11 is 0. The highest BCUT2D eigenvalue weighted by atomic mass is 19.1. The van der Waals surface area contributed by atoms with E-state index >= 15 is 4.39 Å². The van der Waals surface area contributed by atoms with Crippen molar-refractivity contribution in [2.75, 3.05) is 0 Å². The molecule has 0 unspecified atom stereocenters. The van der Waals surface area contributed by atoms with Gasteiger partial charge in [-0.15, -0.1) is 0 Å². The maximum Gasteiger partial charge on any atom is 0.136 e. The van der Waals surface area contributed by atoms with Crippen LogP contribution in [0.2, 0.25) is 0 Å². The molecule has 0 saturated heterocycles. The molecule has 0 radical (unpaired) electrons. The fourth-order valence-electron chi connectivity index (χ4n) is 6.27. The monoisotopic (exact) mass is 428 g/mol. The van der Waals surface area contributed by atoms with Crippen molar-refractivity contribution in [3.63, 3.8) is 0 Å². The van der Waals surface area contributed by atoms with E-state index in [1.807, 2.05) is 0 Å². The molecule has 2 aliphatic carbocycles. The van der Waals surface area contributed by atoms with Crippen LogP contribution >= 0.6 is 0 Å². The summed E-state index contributed by atoms with van der Waals surface area (Å²) in [6, 6.07) is 8.79. The van der Waals surface area contributed by atoms with Gasteiger partial charge in [0.1, 0.15) is 5.67 Å². The summed E-state index contributed by atoms with van der Waals surface area (Å²) in [5.41, 5.74) is 1.33. The van der Waals surface area contributed by atoms with Gasteiger partial charge in [0.05, 0.1) is 0 Å². The van der Waals surface area contributed by atoms with Crippen molar-refractivity contribution in [3.8, 4) is 0 Å². The van der Waals surface area contributed by atoms with Gasteiger partial charge in [-0.3, -0.25) is 0 Å². The van der Waals surface area contributed by atoms with Gasteiger partial charge in [-0.05, 0) is 80.2 Å². The smallest absolute Gasteiger partial charge is 0.136 e. The van der Waals surface area contributed by atoms with E-state index in [-0.39, 0.29) is 0 Å². The maximum absolute atomic E-state index is 15.7. The Bertz CT molecular complexity index is 587. The van der Waals surface area contributed by atoms with Crippen LogP contribution in [0.25, 0.3) is 0 Å². The van der Waals surface area contributed by atoms with Gasteiger partial charge in [-0.1, -0.05) is 102 Å². The zero-order chi connectivity index (χ0) is 21.9. The fraction of sp³-hybridized carbons (Fsp3) is 0.800. The third-order valence-electron chi connectivity index (χ3n) is 8.58. The third kappa shape index (κ3) is 7.61. The Morgan fingerprint density at radius 1 is 0.677 bits per heavy atom. The summed E-state index contributed by atoms with van der Waals surface area (Å²) in [5, 5.41) is 0. The van der Waals surface area contributed by atoms with Crippen LogP contribution in [0.1, 0.15) is 146 Å². The molecular formula is C30H49F. The highest BCUT2D eigenvalue weighted by Gasteiger charge is 2.36. The molecule has 0 spiro atoms. The Morgan fingerprint density at radius 3 is 1.81 bits per heavy atom. The van der Waals surface area contributed by atoms with E-state index in [4.69, 9.17) is 0 Å². The van der Waals surface area contributed by atoms with Gasteiger partial charge >= 0.3 is 0 Å². The molecule has 0 aliphatic heterocycles. The highest BCUT2D eigenvalue weighted by Crippen LogP contribution is 2.45. The quantitative estimate of drug-likeness (QED) is 0.290. The molecule has 0 bridgehead atoms. The van der Waals surface area contributed by atoms with Crippen molar-refractivity contribution >= 4 is 0 Å². The molecule has 3 rings (SSSR count). The zero-order valence-electron chi connectivity index (χ0n) is 20.6. The lowest BCUT2D eigenvalue weighted by Crippen LogP contribution is -2.27. The minimum Gasteiger partial charge on any atom is -0.239 e. The molecule has 0 heterocycles. The predicted octanol–water partition coefficient (Wildman–Crippen LogP) is 10.3. The first kappa shape index (κ1) is 24.8. The first-order valence-corrected chi connectivity index (χ1v) is 13.9. The standard InChI is InChI=1S/C30H49F/c1-3-5-7-8-10-12-26-21-23-30(31,24-22-26)29-19-17-28(18-20-29)27-15-13-25(14-16-27)11-9-6-4-2/h17-20,25-27H,3-16,21-24H2,1-2H3/t25-,26?,27-,30?. The molecular weight excluding hydrogens is 379 g/mol. The topological polar surface area (TPSA) is 0 Å². The molecule has 31 heavy (non-hydrogen) atoms. The molecule has 0 aromatic heterocycles. The Morgan fingerprint density at radius 2 is 1.19 bits per heavy atom. The second kappa shape index (κ2) is 13.0. The molecule has 176 valence electrons. The maximum atomic E-state index is 15.7. The van der Waals surface area contributed by atoms with Gasteiger partial charge in [0.15, 0.2) is 0 Å². The van der Waals surface area contributed by atoms with Gasteiger partial charge in [-0.25, -0.2) is 4.39 Å². The summed E-state index contributed by atoms with van der Waals surface area (Å²) in [5.74, 6) is 2.42. The van der Waals surface area contributed by atoms with Crippen molar-refractivity contribution in [2.45, 2.75) is 141 Å². The number of alkyl halides is 1. The molecule has 1 heteroatoms. The largest absolute Gasteiger partial charge is 0.239 e. The van der Waals surface area contributed by atoms with Crippen molar-refractivity contribution in [1.29, 1.82) is 0 Å². The van der Waals surface area contributed by atoms with Crippen LogP contribution in [-0.2, 0) is 5.67 Å². The predicted molar refractivity (Wildman–Crippen MR) is 133 cm³/mol. The second-order valence-electron chi connectivity index (χ2n) is 10.9. The Hall–Kier alpha value is -0.850. The fourth-order valence-corrected chi connectivity index (χ4v) is 6.27. The van der Waals surface area contributed by atoms with Gasteiger partial charge in [0.2, 0.25) is 0 Å². The van der Waals surface area contributed by atoms with E-state index < -0.39 is 5.67 Å². The van der Waals surface area contributed by atoms with Crippen LogP contribution in [0.5, 0.6) is 0 Å². The average molecular weight is 429 g/mol. The summed E-state index contributed by atoms with van der Waals surface area (Å²) in [6.07, 6.45) is 22.7. The van der Waals surface area contributed by atoms with Crippen LogP contribution in [0.3, 0.4) is 0 Å². The minimum absolute atomic E-state index is 0.704. The zero-order valence-corrected chi connectivity index (χ0v) is 20.6. The van der Waals surface area contributed by atoms with Crippen molar-refractivity contribution < 1.29 is 4.39 Å². The summed E-state index contributed by atoms with van der Waals surface area (Å²) in [7, 11) is 0. The lowest BCUT2D eigenvalue weighted by molar-refractivity contribution is 0.0787. The van der Waals surface area contributed by atoms with Crippen LogP contribution in [-0.4, -0.2) is 0 Å². The van der Waals surface area contributed by atoms with E-state index in [1.54, 1.807) is 0 Å². The van der Waals surface area contributed by atoms with Crippen molar-refractivity contribution in [1.82, 2.24) is 0 Å². The van der Waals surface area contributed by atoms with Crippen molar-refractivity contribution in [2.24, 2.45) is 11.8 Å². The van der Waals surface area contributed by atoms with E-state index in [0.717, 1.165) is 43.1 Å². The number of rotatable bonds is 12. The van der Waals surface area contributed by atoms with Crippen LogP contribution < -0.4 is 0 Å². The van der Waals surface area contributed by atoms with Crippen LogP contribution in [0.4, 0.5) is 4.39 Å². The van der Waals surface area contributed by atoms with Gasteiger partial charge in [0, 0.05) is 0 Å². The lowest BCUT2D eigenvalue weighted by Gasteiger charge is -2.35. The summed E-state index contributed by atoms with van der Waals surface area (Å²) in [4.78, 5) is 0. The number of hydrogen-bond donors (Lipinski definition) is 0. The lowest BCUT2D eigenvalue weighted by atomic mass is 9.74. The van der Waals surface area contributed by atoms with Crippen LogP contribution in [0.15, 0.2) is 24.3 Å². The first-order valence-electron chi connectivity index (χ1n) is 13.9. The van der Waals surface area contributed by atoms with Crippen LogP contribution in [0, 0.1) is 11.8 Å². The minimum atomic E-state index is -1.08. The number of hydrogen-bond acceptors (Lipinski definition) is 0. The summed E-state index contributed by atoms with van der Waals surface area (Å²) in [6.45, 7) is 4.57. The van der Waals surface area contributed by atoms with E-state index in [1.165, 1.54) is 95.5 Å². The highest BCUT2D eigenvalue weighted by molar-refractivity contribution is 5.30. The molecule has 2 saturated carbocycles. The molecule has 0 nitrogen and oxygen atoms in total. The second-order valence-corrected chi connectivity index (χ2v) is 10.9. The van der Waals surface area contributed by atoms with Gasteiger partial charge < -0.3 is 0 Å². The molecule has 0 amide bonds. The molecule has 1 aromatic rings. The summed E-state index contributed by atoms with van der Waals surface area (Å²) < 4.78 is 15.7. The van der Waals surface area contributed by atoms with Gasteiger partial charge in [0.25, 0.3) is 0 Å². The third-order valence-corrected chi connectivity index (χ3v) is 8.58. The Labute approximate surface area is 192 Å². The van der Waals surface area contributed by atoms with E-state index in [0.29, 0.717) is 5.92 Å². The first-order chi connectivity index (χ1) is 15.1. The van der Waals surface area contributed by atoms with E-state index in [9.17, 15) is 0 Å². The molecule has 0 N–H and O–H groups in total. The SMILES string of the molecule is CCCCCCCC1CCC(F)(c2ccc([C@H]3CC[C@H](CCCCC)CC3)cc2)CC1. The Kier molecular flexibility index (Phi) is 10.4. The molecule has 1 aromatic carbocycles. The van der Waals surface area contributed by atoms with Crippen molar-refractivity contribution in [3.05, 3.63) is 35.4 Å². The average Bonchev–Trinajstić information content (AvgIpc) is 2.81. The number of halogens is 1. The van der Waals surface area contributed by atoms with E-state index in [2.05, 4.69) is 38.1 Å². The Balaban J connectivity index is 1.42.